The molecule has 2 unspecified atom stereocenters. The van der Waals surface area contributed by atoms with Crippen molar-refractivity contribution < 1.29 is 17.4 Å². The Morgan fingerprint density at radius 1 is 1.14 bits per heavy atom. The molecule has 0 aromatic carbocycles. The van der Waals surface area contributed by atoms with Crippen LogP contribution in [-0.4, -0.2) is 60.0 Å². The first-order valence-corrected chi connectivity index (χ1v) is 10.6. The lowest BCUT2D eigenvalue weighted by Gasteiger charge is -2.36. The molecule has 0 spiro atoms. The molecule has 7 heteroatoms. The summed E-state index contributed by atoms with van der Waals surface area (Å²) < 4.78 is 42.8. The second-order valence-electron chi connectivity index (χ2n) is 7.70. The van der Waals surface area contributed by atoms with E-state index in [1.807, 2.05) is 41.5 Å². The highest BCUT2D eigenvalue weighted by atomic mass is 32.2. The second kappa shape index (κ2) is 7.53. The van der Waals surface area contributed by atoms with Crippen LogP contribution in [-0.2, 0) is 25.6 Å². The van der Waals surface area contributed by atoms with Gasteiger partial charge >= 0.3 is 0 Å². The fourth-order valence-corrected chi connectivity index (χ4v) is 4.03. The zero-order valence-electron chi connectivity index (χ0n) is 14.6. The zero-order valence-corrected chi connectivity index (χ0v) is 16.2. The minimum absolute atomic E-state index is 0.0227. The molecule has 0 aliphatic heterocycles. The maximum atomic E-state index is 12.0. The van der Waals surface area contributed by atoms with Crippen molar-refractivity contribution in [1.29, 1.82) is 0 Å². The van der Waals surface area contributed by atoms with E-state index in [9.17, 15) is 12.6 Å². The minimum Gasteiger partial charge on any atom is -0.375 e. The highest BCUT2D eigenvalue weighted by Crippen LogP contribution is 2.20. The van der Waals surface area contributed by atoms with E-state index in [0.717, 1.165) is 0 Å². The Kier molecular flexibility index (Phi) is 7.53. The minimum atomic E-state index is -3.35. The van der Waals surface area contributed by atoms with Crippen LogP contribution in [0.3, 0.4) is 0 Å². The van der Waals surface area contributed by atoms with Crippen molar-refractivity contribution in [3.63, 3.8) is 0 Å². The van der Waals surface area contributed by atoms with E-state index < -0.39 is 26.4 Å². The van der Waals surface area contributed by atoms with E-state index in [1.54, 1.807) is 6.26 Å². The molecule has 0 amide bonds. The van der Waals surface area contributed by atoms with Crippen LogP contribution in [0.4, 0.5) is 0 Å². The van der Waals surface area contributed by atoms with Gasteiger partial charge in [0.05, 0.1) is 24.7 Å². The van der Waals surface area contributed by atoms with Crippen LogP contribution in [0.5, 0.6) is 0 Å². The lowest BCUT2D eigenvalue weighted by atomic mass is 9.98. The Morgan fingerprint density at radius 2 is 1.62 bits per heavy atom. The van der Waals surface area contributed by atoms with Crippen LogP contribution >= 0.6 is 0 Å². The van der Waals surface area contributed by atoms with Crippen molar-refractivity contribution in [2.75, 3.05) is 31.4 Å². The Labute approximate surface area is 132 Å². The Bertz CT molecular complexity index is 447. The molecule has 2 atom stereocenters. The van der Waals surface area contributed by atoms with E-state index in [2.05, 4.69) is 0 Å². The molecule has 0 N–H and O–H groups in total. The second-order valence-corrected chi connectivity index (χ2v) is 11.1. The topological polar surface area (TPSA) is 63.7 Å². The van der Waals surface area contributed by atoms with E-state index >= 15 is 0 Å². The van der Waals surface area contributed by atoms with Crippen LogP contribution in [0, 0.1) is 5.41 Å². The van der Waals surface area contributed by atoms with Crippen molar-refractivity contribution in [2.24, 2.45) is 5.41 Å². The molecule has 0 rings (SSSR count). The van der Waals surface area contributed by atoms with Gasteiger partial charge in [0.25, 0.3) is 0 Å². The molecule has 128 valence electrons. The summed E-state index contributed by atoms with van der Waals surface area (Å²) in [4.78, 5) is 0. The van der Waals surface area contributed by atoms with Gasteiger partial charge in [-0.2, -0.15) is 4.31 Å². The summed E-state index contributed by atoms with van der Waals surface area (Å²) in [5.41, 5.74) is -0.558. The van der Waals surface area contributed by atoms with Gasteiger partial charge in [0, 0.05) is 29.1 Å². The molecule has 0 aromatic rings. The van der Waals surface area contributed by atoms with Crippen molar-refractivity contribution in [1.82, 2.24) is 4.31 Å². The average Bonchev–Trinajstić information content (AvgIpc) is 2.16. The molecule has 5 nitrogen and oxygen atoms in total. The average molecular weight is 342 g/mol. The number of nitrogens with zero attached hydrogens (tertiary/aromatic N) is 1. The lowest BCUT2D eigenvalue weighted by Crippen LogP contribution is -2.50. The molecule has 0 fully saturated rings. The molecule has 0 heterocycles. The quantitative estimate of drug-likeness (QED) is 0.709. The van der Waals surface area contributed by atoms with Crippen molar-refractivity contribution in [2.45, 2.75) is 53.2 Å². The monoisotopic (exact) mass is 341 g/mol. The normalized spacial score (nSPS) is 17.0. The van der Waals surface area contributed by atoms with Crippen LogP contribution in [0.15, 0.2) is 0 Å². The SMILES string of the molecule is CS(=O)CC(CN(C(C)(C)C)S(C)(=O)=O)OCC(C)(C)C. The number of hydrogen-bond acceptors (Lipinski definition) is 4. The molecular weight excluding hydrogens is 310 g/mol. The van der Waals surface area contributed by atoms with Crippen molar-refractivity contribution in [3.8, 4) is 0 Å². The van der Waals surface area contributed by atoms with Gasteiger partial charge < -0.3 is 4.74 Å². The van der Waals surface area contributed by atoms with Crippen LogP contribution < -0.4 is 0 Å². The molecular formula is C14H31NO4S2. The van der Waals surface area contributed by atoms with Crippen LogP contribution in [0.25, 0.3) is 0 Å². The number of rotatable bonds is 7. The summed E-state index contributed by atoms with van der Waals surface area (Å²) in [6.45, 7) is 12.4. The van der Waals surface area contributed by atoms with Gasteiger partial charge in [-0.25, -0.2) is 8.42 Å². The number of hydrogen-bond donors (Lipinski definition) is 0. The van der Waals surface area contributed by atoms with E-state index in [4.69, 9.17) is 4.74 Å². The maximum Gasteiger partial charge on any atom is 0.211 e. The molecule has 0 aromatic heterocycles. The predicted octanol–water partition coefficient (Wildman–Crippen LogP) is 1.86. The fraction of sp³-hybridized carbons (Fsp3) is 1.00. The summed E-state index contributed by atoms with van der Waals surface area (Å²) in [6.07, 6.45) is 2.43. The third-order valence-corrected chi connectivity index (χ3v) is 5.03. The van der Waals surface area contributed by atoms with Crippen LogP contribution in [0.2, 0.25) is 0 Å². The lowest BCUT2D eigenvalue weighted by molar-refractivity contribution is 0.00468. The highest BCUT2D eigenvalue weighted by Gasteiger charge is 2.32. The largest absolute Gasteiger partial charge is 0.375 e. The van der Waals surface area contributed by atoms with Gasteiger partial charge in [-0.15, -0.1) is 0 Å². The Morgan fingerprint density at radius 3 is 1.90 bits per heavy atom. The van der Waals surface area contributed by atoms with Gasteiger partial charge in [-0.1, -0.05) is 20.8 Å². The van der Waals surface area contributed by atoms with Gasteiger partial charge in [0.2, 0.25) is 10.0 Å². The van der Waals surface area contributed by atoms with Gasteiger partial charge in [0.15, 0.2) is 0 Å². The fourth-order valence-electron chi connectivity index (χ4n) is 1.87. The molecule has 0 aliphatic rings. The van der Waals surface area contributed by atoms with E-state index in [-0.39, 0.29) is 18.1 Å². The summed E-state index contributed by atoms with van der Waals surface area (Å²) in [5.74, 6) is 0.332. The third-order valence-electron chi connectivity index (χ3n) is 2.69. The molecule has 0 saturated heterocycles. The van der Waals surface area contributed by atoms with E-state index in [1.165, 1.54) is 10.6 Å². The molecule has 0 saturated carbocycles. The predicted molar refractivity (Wildman–Crippen MR) is 89.4 cm³/mol. The number of sulfonamides is 1. The molecule has 0 bridgehead atoms. The Hall–Kier alpha value is 0.0200. The summed E-state index contributed by atoms with van der Waals surface area (Å²) in [7, 11) is -4.39. The third kappa shape index (κ3) is 9.60. The summed E-state index contributed by atoms with van der Waals surface area (Å²) in [6, 6.07) is 0. The highest BCUT2D eigenvalue weighted by molar-refractivity contribution is 7.88. The smallest absolute Gasteiger partial charge is 0.211 e. The first-order valence-electron chi connectivity index (χ1n) is 7.02. The summed E-state index contributed by atoms with van der Waals surface area (Å²) in [5, 5.41) is 0. The molecule has 0 radical (unpaired) electrons. The summed E-state index contributed by atoms with van der Waals surface area (Å²) >= 11 is 0. The van der Waals surface area contributed by atoms with Crippen molar-refractivity contribution >= 4 is 20.8 Å². The molecule has 0 aliphatic carbocycles. The van der Waals surface area contributed by atoms with Crippen molar-refractivity contribution in [3.05, 3.63) is 0 Å². The standard InChI is InChI=1S/C14H31NO4S2/c1-13(2,3)11-19-12(10-20(7)16)9-15(14(4,5)6)21(8,17)18/h12H,9-11H2,1-8H3. The zero-order chi connectivity index (χ0) is 17.1. The number of ether oxygens (including phenoxy) is 1. The van der Waals surface area contributed by atoms with E-state index in [0.29, 0.717) is 12.4 Å². The van der Waals surface area contributed by atoms with Gasteiger partial charge in [-0.05, 0) is 26.2 Å². The van der Waals surface area contributed by atoms with Gasteiger partial charge in [0.1, 0.15) is 0 Å². The first-order chi connectivity index (χ1) is 9.13. The maximum absolute atomic E-state index is 12.0. The Balaban J connectivity index is 5.11. The van der Waals surface area contributed by atoms with Gasteiger partial charge in [-0.3, -0.25) is 4.21 Å². The first kappa shape index (κ1) is 21.0. The molecule has 21 heavy (non-hydrogen) atoms. The van der Waals surface area contributed by atoms with Crippen LogP contribution in [0.1, 0.15) is 41.5 Å².